The summed E-state index contributed by atoms with van der Waals surface area (Å²) in [5.74, 6) is 0.688. The van der Waals surface area contributed by atoms with Gasteiger partial charge in [0.05, 0.1) is 5.69 Å². The molecule has 0 unspecified atom stereocenters. The quantitative estimate of drug-likeness (QED) is 0.875. The molecule has 2 aromatic rings. The van der Waals surface area contributed by atoms with Crippen LogP contribution in [0.15, 0.2) is 22.7 Å². The first kappa shape index (κ1) is 12.9. The molecule has 0 saturated heterocycles. The Morgan fingerprint density at radius 2 is 2.21 bits per heavy atom. The van der Waals surface area contributed by atoms with E-state index in [0.717, 1.165) is 33.3 Å². The fourth-order valence-electron chi connectivity index (χ4n) is 2.53. The number of benzene rings is 1. The molecule has 1 amide bonds. The number of nitrogens with one attached hydrogen (secondary N) is 1. The zero-order valence-electron chi connectivity index (χ0n) is 10.6. The van der Waals surface area contributed by atoms with E-state index in [2.05, 4.69) is 28.2 Å². The molecule has 0 spiro atoms. The van der Waals surface area contributed by atoms with Gasteiger partial charge < -0.3 is 11.1 Å². The van der Waals surface area contributed by atoms with Crippen molar-refractivity contribution in [3.05, 3.63) is 27.5 Å². The van der Waals surface area contributed by atoms with E-state index in [9.17, 15) is 4.79 Å². The Bertz CT molecular complexity index is 646. The molecule has 1 aliphatic carbocycles. The largest absolute Gasteiger partial charge is 0.397 e. The number of carbonyl (C=O) groups is 1. The van der Waals surface area contributed by atoms with Gasteiger partial charge in [-0.05, 0) is 37.0 Å². The van der Waals surface area contributed by atoms with Crippen molar-refractivity contribution in [3.63, 3.8) is 0 Å². The Hall–Kier alpha value is -1.07. The molecular formula is C14H15BrN2OS. The van der Waals surface area contributed by atoms with Gasteiger partial charge in [-0.2, -0.15) is 0 Å². The molecule has 1 aromatic carbocycles. The van der Waals surface area contributed by atoms with Crippen LogP contribution in [0.5, 0.6) is 0 Å². The van der Waals surface area contributed by atoms with Crippen molar-refractivity contribution in [3.8, 4) is 0 Å². The van der Waals surface area contributed by atoms with Gasteiger partial charge in [0.2, 0.25) is 0 Å². The molecule has 1 saturated carbocycles. The average molecular weight is 339 g/mol. The maximum absolute atomic E-state index is 12.2. The second-order valence-corrected chi connectivity index (χ2v) is 7.20. The Morgan fingerprint density at radius 1 is 1.47 bits per heavy atom. The number of carbonyl (C=O) groups excluding carboxylic acids is 1. The number of anilines is 1. The summed E-state index contributed by atoms with van der Waals surface area (Å²) < 4.78 is 2.03. The number of hydrogen-bond acceptors (Lipinski definition) is 3. The fourth-order valence-corrected chi connectivity index (χ4v) is 3.90. The zero-order chi connectivity index (χ0) is 13.6. The summed E-state index contributed by atoms with van der Waals surface area (Å²) in [5.41, 5.74) is 6.69. The van der Waals surface area contributed by atoms with E-state index in [1.165, 1.54) is 11.3 Å². The molecule has 0 bridgehead atoms. The number of thiophene rings is 1. The van der Waals surface area contributed by atoms with Gasteiger partial charge in [-0.25, -0.2) is 0 Å². The third-order valence-electron chi connectivity index (χ3n) is 3.60. The summed E-state index contributed by atoms with van der Waals surface area (Å²) in [6.07, 6.45) is 2.14. The average Bonchev–Trinajstić information content (AvgIpc) is 2.65. The predicted octanol–water partition coefficient (Wildman–Crippen LogP) is 3.77. The Morgan fingerprint density at radius 3 is 2.89 bits per heavy atom. The second kappa shape index (κ2) is 4.80. The van der Waals surface area contributed by atoms with Crippen LogP contribution in [0.4, 0.5) is 5.69 Å². The van der Waals surface area contributed by atoms with Crippen LogP contribution in [0.1, 0.15) is 29.4 Å². The number of amides is 1. The van der Waals surface area contributed by atoms with Crippen molar-refractivity contribution in [2.24, 2.45) is 5.92 Å². The monoisotopic (exact) mass is 338 g/mol. The van der Waals surface area contributed by atoms with Crippen molar-refractivity contribution in [1.82, 2.24) is 5.32 Å². The number of halogens is 1. The van der Waals surface area contributed by atoms with Gasteiger partial charge >= 0.3 is 0 Å². The van der Waals surface area contributed by atoms with E-state index in [4.69, 9.17) is 5.73 Å². The standard InChI is InChI=1S/C14H15BrN2OS/c1-7-4-9(5-7)17-14(18)13-12(16)10-6-8(15)2-3-11(10)19-13/h2-3,6-7,9H,4-5,16H2,1H3,(H,17,18). The molecule has 3 nitrogen and oxygen atoms in total. The molecule has 1 heterocycles. The van der Waals surface area contributed by atoms with Crippen molar-refractivity contribution in [2.75, 3.05) is 5.73 Å². The van der Waals surface area contributed by atoms with E-state index in [-0.39, 0.29) is 5.91 Å². The van der Waals surface area contributed by atoms with Crippen molar-refractivity contribution in [2.45, 2.75) is 25.8 Å². The Balaban J connectivity index is 1.87. The van der Waals surface area contributed by atoms with E-state index in [0.29, 0.717) is 16.6 Å². The van der Waals surface area contributed by atoms with Crippen LogP contribution in [-0.2, 0) is 0 Å². The van der Waals surface area contributed by atoms with E-state index in [1.54, 1.807) is 0 Å². The van der Waals surface area contributed by atoms with Gasteiger partial charge in [-0.1, -0.05) is 22.9 Å². The summed E-state index contributed by atoms with van der Waals surface area (Å²) in [6.45, 7) is 2.20. The van der Waals surface area contributed by atoms with Gasteiger partial charge in [-0.3, -0.25) is 4.79 Å². The summed E-state index contributed by atoms with van der Waals surface area (Å²) in [7, 11) is 0. The maximum atomic E-state index is 12.2. The molecule has 3 rings (SSSR count). The molecule has 3 N–H and O–H groups in total. The normalized spacial score (nSPS) is 22.2. The molecule has 0 atom stereocenters. The van der Waals surface area contributed by atoms with Crippen LogP contribution in [-0.4, -0.2) is 11.9 Å². The third kappa shape index (κ3) is 2.37. The van der Waals surface area contributed by atoms with Crippen molar-refractivity contribution in [1.29, 1.82) is 0 Å². The first-order valence-electron chi connectivity index (χ1n) is 6.33. The van der Waals surface area contributed by atoms with Crippen LogP contribution in [0.25, 0.3) is 10.1 Å². The number of nitrogen functional groups attached to an aromatic ring is 1. The van der Waals surface area contributed by atoms with E-state index < -0.39 is 0 Å². The molecule has 0 radical (unpaired) electrons. The fraction of sp³-hybridized carbons (Fsp3) is 0.357. The number of hydrogen-bond donors (Lipinski definition) is 2. The highest BCUT2D eigenvalue weighted by molar-refractivity contribution is 9.10. The summed E-state index contributed by atoms with van der Waals surface area (Å²) in [6, 6.07) is 6.23. The summed E-state index contributed by atoms with van der Waals surface area (Å²) in [5, 5.41) is 4.01. The van der Waals surface area contributed by atoms with E-state index in [1.807, 2.05) is 18.2 Å². The van der Waals surface area contributed by atoms with Crippen molar-refractivity contribution < 1.29 is 4.79 Å². The molecule has 5 heteroatoms. The highest BCUT2D eigenvalue weighted by Gasteiger charge is 2.28. The second-order valence-electron chi connectivity index (χ2n) is 5.23. The lowest BCUT2D eigenvalue weighted by Gasteiger charge is -2.33. The predicted molar refractivity (Wildman–Crippen MR) is 83.6 cm³/mol. The Kier molecular flexibility index (Phi) is 3.27. The highest BCUT2D eigenvalue weighted by Crippen LogP contribution is 2.36. The van der Waals surface area contributed by atoms with Gasteiger partial charge in [0.1, 0.15) is 4.88 Å². The number of fused-ring (bicyclic) bond motifs is 1. The topological polar surface area (TPSA) is 55.1 Å². The minimum Gasteiger partial charge on any atom is -0.397 e. The van der Waals surface area contributed by atoms with Crippen LogP contribution >= 0.6 is 27.3 Å². The van der Waals surface area contributed by atoms with Gasteiger partial charge in [0.15, 0.2) is 0 Å². The van der Waals surface area contributed by atoms with Crippen LogP contribution < -0.4 is 11.1 Å². The molecule has 1 fully saturated rings. The van der Waals surface area contributed by atoms with Crippen molar-refractivity contribution >= 4 is 48.9 Å². The lowest BCUT2D eigenvalue weighted by Crippen LogP contribution is -2.43. The van der Waals surface area contributed by atoms with E-state index >= 15 is 0 Å². The molecule has 0 aliphatic heterocycles. The minimum absolute atomic E-state index is 0.0354. The first-order chi connectivity index (χ1) is 9.04. The molecule has 1 aromatic heterocycles. The SMILES string of the molecule is CC1CC(NC(=O)c2sc3ccc(Br)cc3c2N)C1. The smallest absolute Gasteiger partial charge is 0.263 e. The van der Waals surface area contributed by atoms with Crippen LogP contribution in [0, 0.1) is 5.92 Å². The lowest BCUT2D eigenvalue weighted by atomic mass is 9.82. The van der Waals surface area contributed by atoms with Crippen LogP contribution in [0.2, 0.25) is 0 Å². The number of rotatable bonds is 2. The number of nitrogens with two attached hydrogens (primary N) is 1. The van der Waals surface area contributed by atoms with Gasteiger partial charge in [0.25, 0.3) is 5.91 Å². The first-order valence-corrected chi connectivity index (χ1v) is 7.94. The lowest BCUT2D eigenvalue weighted by molar-refractivity contribution is 0.0901. The van der Waals surface area contributed by atoms with Crippen LogP contribution in [0.3, 0.4) is 0 Å². The third-order valence-corrected chi connectivity index (χ3v) is 5.28. The summed E-state index contributed by atoms with van der Waals surface area (Å²) >= 11 is 4.89. The van der Waals surface area contributed by atoms with Gasteiger partial charge in [-0.15, -0.1) is 11.3 Å². The zero-order valence-corrected chi connectivity index (χ0v) is 13.0. The minimum atomic E-state index is -0.0354. The summed E-state index contributed by atoms with van der Waals surface area (Å²) in [4.78, 5) is 12.9. The molecule has 100 valence electrons. The molecule has 19 heavy (non-hydrogen) atoms. The highest BCUT2D eigenvalue weighted by atomic mass is 79.9. The molecule has 1 aliphatic rings. The Labute approximate surface area is 124 Å². The molecular weight excluding hydrogens is 324 g/mol. The van der Waals surface area contributed by atoms with Gasteiger partial charge in [0, 0.05) is 20.6 Å². The maximum Gasteiger partial charge on any atom is 0.263 e.